The minimum absolute atomic E-state index is 0.132. The lowest BCUT2D eigenvalue weighted by Gasteiger charge is -2.15. The first kappa shape index (κ1) is 22.5. The fourth-order valence-corrected chi connectivity index (χ4v) is 4.23. The molecule has 0 radical (unpaired) electrons. The van der Waals surface area contributed by atoms with Crippen molar-refractivity contribution in [1.82, 2.24) is 4.90 Å². The van der Waals surface area contributed by atoms with E-state index in [0.717, 1.165) is 16.9 Å². The van der Waals surface area contributed by atoms with Crippen LogP contribution in [0.2, 0.25) is 5.02 Å². The number of halogens is 1. The number of hydrogen-bond donors (Lipinski definition) is 0. The number of benzene rings is 2. The molecule has 2 aromatic rings. The average Bonchev–Trinajstić information content (AvgIpc) is 2.94. The summed E-state index contributed by atoms with van der Waals surface area (Å²) in [6, 6.07) is 11.4. The Kier molecular flexibility index (Phi) is 7.64. The highest BCUT2D eigenvalue weighted by molar-refractivity contribution is 8.26. The third kappa shape index (κ3) is 5.47. The van der Waals surface area contributed by atoms with Gasteiger partial charge in [-0.2, -0.15) is 0 Å². The fraction of sp³-hybridized carbons (Fsp3) is 0.273. The molecule has 1 aliphatic rings. The predicted octanol–water partition coefficient (Wildman–Crippen LogP) is 5.34. The summed E-state index contributed by atoms with van der Waals surface area (Å²) in [6.07, 6.45) is 1.75. The van der Waals surface area contributed by atoms with E-state index in [-0.39, 0.29) is 5.91 Å². The van der Waals surface area contributed by atoms with Crippen LogP contribution in [0.5, 0.6) is 17.2 Å². The molecule has 1 amide bonds. The van der Waals surface area contributed by atoms with Crippen LogP contribution in [0.3, 0.4) is 0 Å². The number of thiocarbonyl (C=S) groups is 1. The van der Waals surface area contributed by atoms with E-state index in [0.29, 0.717) is 45.6 Å². The van der Waals surface area contributed by atoms with Gasteiger partial charge in [-0.25, -0.2) is 0 Å². The Morgan fingerprint density at radius 3 is 2.60 bits per heavy atom. The number of nitrogens with zero attached hydrogens (tertiary/aromatic N) is 1. The van der Waals surface area contributed by atoms with E-state index in [4.69, 9.17) is 38.0 Å². The number of ether oxygens (including phenoxy) is 3. The first-order valence-corrected chi connectivity index (χ1v) is 11.0. The summed E-state index contributed by atoms with van der Waals surface area (Å²) in [6.45, 7) is 5.02. The molecule has 0 bridgehead atoms. The second-order valence-corrected chi connectivity index (χ2v) is 8.60. The third-order valence-corrected chi connectivity index (χ3v) is 5.97. The summed E-state index contributed by atoms with van der Waals surface area (Å²) >= 11 is 12.9. The van der Waals surface area contributed by atoms with Crippen LogP contribution in [0.1, 0.15) is 18.1 Å². The summed E-state index contributed by atoms with van der Waals surface area (Å²) in [5, 5.41) is 0.398. The SMILES string of the molecule is CCOc1cc(/C=C2\SC(=S)N(C)C2=O)cc(Cl)c1OCCOc1cccc(C)c1. The van der Waals surface area contributed by atoms with Crippen molar-refractivity contribution in [1.29, 1.82) is 0 Å². The van der Waals surface area contributed by atoms with Crippen LogP contribution in [0.15, 0.2) is 41.3 Å². The fourth-order valence-electron chi connectivity index (χ4n) is 2.78. The Balaban J connectivity index is 1.72. The van der Waals surface area contributed by atoms with Crippen molar-refractivity contribution in [3.8, 4) is 17.2 Å². The van der Waals surface area contributed by atoms with Gasteiger partial charge >= 0.3 is 0 Å². The molecule has 1 fully saturated rings. The summed E-state index contributed by atoms with van der Waals surface area (Å²) < 4.78 is 17.8. The molecule has 8 heteroatoms. The molecular formula is C22H22ClNO4S2. The van der Waals surface area contributed by atoms with Crippen LogP contribution >= 0.6 is 35.6 Å². The lowest BCUT2D eigenvalue weighted by atomic mass is 10.1. The van der Waals surface area contributed by atoms with Gasteiger partial charge in [0.1, 0.15) is 23.3 Å². The highest BCUT2D eigenvalue weighted by atomic mass is 35.5. The number of amides is 1. The Bertz CT molecular complexity index is 993. The number of thioether (sulfide) groups is 1. The molecule has 5 nitrogen and oxygen atoms in total. The number of likely N-dealkylation sites (N-methyl/N-ethyl adjacent to an activating group) is 1. The van der Waals surface area contributed by atoms with Crippen molar-refractivity contribution in [2.24, 2.45) is 0 Å². The Morgan fingerprint density at radius 1 is 1.17 bits per heavy atom. The van der Waals surface area contributed by atoms with Crippen molar-refractivity contribution in [3.63, 3.8) is 0 Å². The molecule has 1 saturated heterocycles. The van der Waals surface area contributed by atoms with Crippen LogP contribution in [-0.2, 0) is 4.79 Å². The molecule has 2 aromatic carbocycles. The van der Waals surface area contributed by atoms with Gasteiger partial charge in [0.25, 0.3) is 5.91 Å². The van der Waals surface area contributed by atoms with E-state index >= 15 is 0 Å². The topological polar surface area (TPSA) is 48.0 Å². The quantitative estimate of drug-likeness (QED) is 0.299. The van der Waals surface area contributed by atoms with Crippen molar-refractivity contribution in [2.45, 2.75) is 13.8 Å². The normalized spacial score (nSPS) is 15.1. The van der Waals surface area contributed by atoms with E-state index in [1.54, 1.807) is 25.3 Å². The molecular weight excluding hydrogens is 442 g/mol. The van der Waals surface area contributed by atoms with Gasteiger partial charge < -0.3 is 14.2 Å². The minimum Gasteiger partial charge on any atom is -0.490 e. The van der Waals surface area contributed by atoms with Gasteiger partial charge in [0.2, 0.25) is 0 Å². The minimum atomic E-state index is -0.132. The second kappa shape index (κ2) is 10.2. The average molecular weight is 464 g/mol. The number of aryl methyl sites for hydroxylation is 1. The molecule has 0 aromatic heterocycles. The van der Waals surface area contributed by atoms with Crippen molar-refractivity contribution >= 4 is 51.9 Å². The highest BCUT2D eigenvalue weighted by Gasteiger charge is 2.28. The van der Waals surface area contributed by atoms with Crippen molar-refractivity contribution in [3.05, 3.63) is 57.5 Å². The van der Waals surface area contributed by atoms with Gasteiger partial charge in [-0.3, -0.25) is 9.69 Å². The van der Waals surface area contributed by atoms with Gasteiger partial charge in [0.05, 0.1) is 16.5 Å². The van der Waals surface area contributed by atoms with Gasteiger partial charge in [-0.15, -0.1) is 0 Å². The Hall–Kier alpha value is -2.22. The van der Waals surface area contributed by atoms with Gasteiger partial charge in [-0.05, 0) is 55.3 Å². The second-order valence-electron chi connectivity index (χ2n) is 6.52. The van der Waals surface area contributed by atoms with E-state index < -0.39 is 0 Å². The summed E-state index contributed by atoms with van der Waals surface area (Å²) in [4.78, 5) is 14.2. The lowest BCUT2D eigenvalue weighted by molar-refractivity contribution is -0.121. The van der Waals surface area contributed by atoms with Gasteiger partial charge in [-0.1, -0.05) is 47.7 Å². The van der Waals surface area contributed by atoms with E-state index in [9.17, 15) is 4.79 Å². The monoisotopic (exact) mass is 463 g/mol. The zero-order valence-corrected chi connectivity index (χ0v) is 19.3. The number of hydrogen-bond acceptors (Lipinski definition) is 6. The largest absolute Gasteiger partial charge is 0.490 e. The maximum absolute atomic E-state index is 12.2. The summed E-state index contributed by atoms with van der Waals surface area (Å²) in [7, 11) is 1.66. The maximum atomic E-state index is 12.2. The smallest absolute Gasteiger partial charge is 0.265 e. The molecule has 1 heterocycles. The molecule has 158 valence electrons. The maximum Gasteiger partial charge on any atom is 0.265 e. The molecule has 1 aliphatic heterocycles. The Labute approximate surface area is 190 Å². The van der Waals surface area contributed by atoms with E-state index in [2.05, 4.69) is 0 Å². The van der Waals surface area contributed by atoms with Crippen LogP contribution in [0, 0.1) is 6.92 Å². The molecule has 0 saturated carbocycles. The van der Waals surface area contributed by atoms with Crippen molar-refractivity contribution < 1.29 is 19.0 Å². The van der Waals surface area contributed by atoms with Crippen LogP contribution in [-0.4, -0.2) is 42.0 Å². The number of carbonyl (C=O) groups excluding carboxylic acids is 1. The molecule has 0 unspecified atom stereocenters. The van der Waals surface area contributed by atoms with Crippen LogP contribution in [0.4, 0.5) is 0 Å². The highest BCUT2D eigenvalue weighted by Crippen LogP contribution is 2.39. The zero-order chi connectivity index (χ0) is 21.7. The molecule has 30 heavy (non-hydrogen) atoms. The third-order valence-electron chi connectivity index (χ3n) is 4.20. The van der Waals surface area contributed by atoms with Crippen LogP contribution in [0.25, 0.3) is 6.08 Å². The first-order valence-electron chi connectivity index (χ1n) is 9.39. The molecule has 0 aliphatic carbocycles. The van der Waals surface area contributed by atoms with Gasteiger partial charge in [0, 0.05) is 7.05 Å². The molecule has 0 N–H and O–H groups in total. The predicted molar refractivity (Wildman–Crippen MR) is 126 cm³/mol. The van der Waals surface area contributed by atoms with E-state index in [1.165, 1.54) is 16.7 Å². The van der Waals surface area contributed by atoms with Crippen LogP contribution < -0.4 is 14.2 Å². The molecule has 0 spiro atoms. The zero-order valence-electron chi connectivity index (χ0n) is 16.9. The number of carbonyl (C=O) groups is 1. The molecule has 3 rings (SSSR count). The lowest BCUT2D eigenvalue weighted by Crippen LogP contribution is -2.22. The number of rotatable bonds is 8. The molecule has 0 atom stereocenters. The standard InChI is InChI=1S/C22H22ClNO4S2/c1-4-26-18-12-15(13-19-21(25)24(3)22(29)30-19)11-17(23)20(18)28-9-8-27-16-7-5-6-14(2)10-16/h5-7,10-13H,4,8-9H2,1-3H3/b19-13-. The van der Waals surface area contributed by atoms with Crippen molar-refractivity contribution in [2.75, 3.05) is 26.9 Å². The van der Waals surface area contributed by atoms with Gasteiger partial charge in [0.15, 0.2) is 11.5 Å². The first-order chi connectivity index (χ1) is 14.4. The van der Waals surface area contributed by atoms with E-state index in [1.807, 2.05) is 38.1 Å². The summed E-state index contributed by atoms with van der Waals surface area (Å²) in [5.41, 5.74) is 1.87. The Morgan fingerprint density at radius 2 is 1.93 bits per heavy atom. The summed E-state index contributed by atoms with van der Waals surface area (Å²) in [5.74, 6) is 1.62.